The van der Waals surface area contributed by atoms with E-state index in [9.17, 15) is 25.0 Å². The first-order valence-electron chi connectivity index (χ1n) is 12.1. The molecule has 2 aromatic heterocycles. The molecule has 4 rings (SSSR count). The summed E-state index contributed by atoms with van der Waals surface area (Å²) < 4.78 is 11.9. The van der Waals surface area contributed by atoms with Crippen LogP contribution in [0.25, 0.3) is 0 Å². The zero-order valence-corrected chi connectivity index (χ0v) is 24.8. The number of ketones is 1. The number of rotatable bonds is 8. The molecule has 0 spiro atoms. The smallest absolute Gasteiger partial charge is 0.305 e. The molecule has 2 aromatic rings. The average Bonchev–Trinajstić information content (AvgIpc) is 2.83. The predicted molar refractivity (Wildman–Crippen MR) is 149 cm³/mol. The molecule has 17 heteroatoms. The second kappa shape index (κ2) is 13.2. The first-order valence-corrected chi connectivity index (χ1v) is 18.9. The van der Waals surface area contributed by atoms with E-state index in [1.807, 2.05) is 0 Å². The van der Waals surface area contributed by atoms with Crippen molar-refractivity contribution >= 4 is 45.7 Å². The van der Waals surface area contributed by atoms with E-state index in [0.717, 1.165) is 55.6 Å². The molecule has 2 aliphatic carbocycles. The van der Waals surface area contributed by atoms with E-state index >= 15 is 0 Å². The van der Waals surface area contributed by atoms with E-state index in [1.54, 1.807) is 0 Å². The number of nitrogens with one attached hydrogen (secondary N) is 1. The maximum absolute atomic E-state index is 11.0. The zero-order valence-electron chi connectivity index (χ0n) is 22.8. The van der Waals surface area contributed by atoms with Crippen LogP contribution in [-0.2, 0) is 13.6 Å². The highest BCUT2D eigenvalue weighted by atomic mass is 28.4. The van der Waals surface area contributed by atoms with Crippen molar-refractivity contribution in [2.45, 2.75) is 71.0 Å². The summed E-state index contributed by atoms with van der Waals surface area (Å²) in [5.74, 6) is 2.67. The number of carbonyl (C=O) groups is 1. The molecular weight excluding hydrogens is 544 g/mol. The molecule has 0 saturated heterocycles. The SMILES string of the molecule is C[Si](C)(C)OC1=C(O[Si](C)(C)C)CC1.Nc1ncc([N+](=O)[O-])cn1.O=C1CCC1Nc1ncc([N+](=O)[O-])cn1. The lowest BCUT2D eigenvalue weighted by atomic mass is 9.91. The Balaban J connectivity index is 0.000000210. The lowest BCUT2D eigenvalue weighted by molar-refractivity contribution is -0.385. The minimum Gasteiger partial charge on any atom is -0.545 e. The fourth-order valence-electron chi connectivity index (χ4n) is 2.91. The van der Waals surface area contributed by atoms with E-state index in [0.29, 0.717) is 6.42 Å². The van der Waals surface area contributed by atoms with Gasteiger partial charge in [0, 0.05) is 19.3 Å². The van der Waals surface area contributed by atoms with Gasteiger partial charge in [0.2, 0.25) is 28.5 Å². The van der Waals surface area contributed by atoms with Crippen LogP contribution in [0.2, 0.25) is 39.3 Å². The number of nitrogens with zero attached hydrogens (tertiary/aromatic N) is 6. The Labute approximate surface area is 227 Å². The monoisotopic (exact) mass is 578 g/mol. The summed E-state index contributed by atoms with van der Waals surface area (Å²) in [5.41, 5.74) is 4.76. The fraction of sp³-hybridized carbons (Fsp3) is 0.500. The standard InChI is InChI=1S/C10H22O2Si2.C8H8N4O3.C4H4N4O2/c1-13(2,3)11-9-7-8-10(9)12-14(4,5)6;13-7-2-1-6(7)11-8-9-3-5(4-10-8)12(14)15;5-4-6-1-3(2-7-4)8(9)10/h7-8H2,1-6H3;3-4,6H,1-2H2,(H,9,10,11);1-2H,(H2,5,6,7). The molecule has 3 N–H and O–H groups in total. The van der Waals surface area contributed by atoms with Crippen LogP contribution >= 0.6 is 0 Å². The highest BCUT2D eigenvalue weighted by Crippen LogP contribution is 2.33. The number of carbonyl (C=O) groups excluding carboxylic acids is 1. The first kappa shape index (κ1) is 31.2. The van der Waals surface area contributed by atoms with Crippen molar-refractivity contribution in [1.82, 2.24) is 19.9 Å². The Morgan fingerprint density at radius 3 is 1.51 bits per heavy atom. The maximum Gasteiger partial charge on any atom is 0.305 e. The number of anilines is 2. The molecule has 0 aromatic carbocycles. The third-order valence-corrected chi connectivity index (χ3v) is 6.56. The summed E-state index contributed by atoms with van der Waals surface area (Å²) in [6.45, 7) is 13.3. The van der Waals surface area contributed by atoms with Crippen molar-refractivity contribution in [3.63, 3.8) is 0 Å². The fourth-order valence-corrected chi connectivity index (χ4v) is 4.82. The summed E-state index contributed by atoms with van der Waals surface area (Å²) in [6, 6.07) is -0.230. The molecule has 0 bridgehead atoms. The second-order valence-electron chi connectivity index (χ2n) is 10.6. The number of hydrogen-bond donors (Lipinski definition) is 2. The van der Waals surface area contributed by atoms with Crippen molar-refractivity contribution < 1.29 is 23.5 Å². The lowest BCUT2D eigenvalue weighted by Gasteiger charge is -2.33. The number of hydrogen-bond acceptors (Lipinski definition) is 13. The first-order chi connectivity index (χ1) is 18.0. The number of aromatic nitrogens is 4. The van der Waals surface area contributed by atoms with Crippen LogP contribution < -0.4 is 11.1 Å². The maximum atomic E-state index is 11.0. The molecule has 1 saturated carbocycles. The van der Waals surface area contributed by atoms with Gasteiger partial charge in [-0.3, -0.25) is 25.0 Å². The quantitative estimate of drug-likeness (QED) is 0.256. The Bertz CT molecular complexity index is 1170. The van der Waals surface area contributed by atoms with E-state index in [-0.39, 0.29) is 35.1 Å². The van der Waals surface area contributed by atoms with Gasteiger partial charge in [-0.1, -0.05) is 0 Å². The van der Waals surface area contributed by atoms with Gasteiger partial charge in [0.05, 0.1) is 15.9 Å². The summed E-state index contributed by atoms with van der Waals surface area (Å²) in [6.07, 6.45) is 7.82. The van der Waals surface area contributed by atoms with Crippen LogP contribution in [0.1, 0.15) is 25.7 Å². The summed E-state index contributed by atoms with van der Waals surface area (Å²) in [5, 5.41) is 23.1. The molecule has 39 heavy (non-hydrogen) atoms. The third kappa shape index (κ3) is 11.1. The molecule has 212 valence electrons. The van der Waals surface area contributed by atoms with Crippen molar-refractivity contribution in [2.75, 3.05) is 11.1 Å². The van der Waals surface area contributed by atoms with E-state index in [1.165, 1.54) is 0 Å². The third-order valence-electron chi connectivity index (χ3n) is 4.84. The van der Waals surface area contributed by atoms with Crippen molar-refractivity contribution in [3.8, 4) is 0 Å². The summed E-state index contributed by atoms with van der Waals surface area (Å²) >= 11 is 0. The van der Waals surface area contributed by atoms with Gasteiger partial charge in [0.15, 0.2) is 5.78 Å². The van der Waals surface area contributed by atoms with Crippen LogP contribution in [0.3, 0.4) is 0 Å². The van der Waals surface area contributed by atoms with Crippen LogP contribution in [0.5, 0.6) is 0 Å². The van der Waals surface area contributed by atoms with E-state index < -0.39 is 26.5 Å². The van der Waals surface area contributed by atoms with Gasteiger partial charge < -0.3 is 19.9 Å². The molecule has 1 atom stereocenters. The van der Waals surface area contributed by atoms with Gasteiger partial charge in [0.25, 0.3) is 0 Å². The van der Waals surface area contributed by atoms with Crippen LogP contribution in [-0.4, -0.2) is 58.2 Å². The number of nitrogens with two attached hydrogens (primary N) is 1. The van der Waals surface area contributed by atoms with E-state index in [4.69, 9.17) is 14.6 Å². The highest BCUT2D eigenvalue weighted by molar-refractivity contribution is 6.70. The Kier molecular flexibility index (Phi) is 10.6. The number of Topliss-reactive ketones (excluding diaryl/α,β-unsaturated/α-hetero) is 1. The Hall–Kier alpha value is -4.00. The van der Waals surface area contributed by atoms with Gasteiger partial charge in [-0.05, 0) is 45.7 Å². The molecule has 0 amide bonds. The number of nitrogen functional groups attached to an aromatic ring is 1. The molecule has 15 nitrogen and oxygen atoms in total. The molecule has 2 heterocycles. The second-order valence-corrected chi connectivity index (χ2v) is 19.4. The molecule has 2 aliphatic rings. The van der Waals surface area contributed by atoms with Crippen molar-refractivity contribution in [2.24, 2.45) is 0 Å². The minimum absolute atomic E-state index is 0.0330. The highest BCUT2D eigenvalue weighted by Gasteiger charge is 2.30. The normalized spacial score (nSPS) is 16.3. The topological polar surface area (TPSA) is 211 Å². The van der Waals surface area contributed by atoms with Crippen LogP contribution in [0.15, 0.2) is 36.3 Å². The van der Waals surface area contributed by atoms with E-state index in [2.05, 4.69) is 64.5 Å². The van der Waals surface area contributed by atoms with Crippen LogP contribution in [0.4, 0.5) is 23.3 Å². The van der Waals surface area contributed by atoms with Crippen LogP contribution in [0, 0.1) is 20.2 Å². The largest absolute Gasteiger partial charge is 0.545 e. The number of nitro groups is 2. The van der Waals surface area contributed by atoms with Gasteiger partial charge >= 0.3 is 11.4 Å². The lowest BCUT2D eigenvalue weighted by Crippen LogP contribution is -2.39. The van der Waals surface area contributed by atoms with Crippen molar-refractivity contribution in [3.05, 3.63) is 56.5 Å². The molecule has 1 fully saturated rings. The van der Waals surface area contributed by atoms with Gasteiger partial charge in [-0.25, -0.2) is 19.9 Å². The van der Waals surface area contributed by atoms with Gasteiger partial charge in [-0.2, -0.15) is 0 Å². The van der Waals surface area contributed by atoms with Crippen molar-refractivity contribution in [1.29, 1.82) is 0 Å². The molecule has 0 radical (unpaired) electrons. The van der Waals surface area contributed by atoms with Gasteiger partial charge in [-0.15, -0.1) is 0 Å². The molecule has 1 unspecified atom stereocenters. The summed E-state index contributed by atoms with van der Waals surface area (Å²) in [4.78, 5) is 44.5. The van der Waals surface area contributed by atoms with Gasteiger partial charge in [0.1, 0.15) is 36.3 Å². The molecular formula is C22H34N8O7Si2. The predicted octanol–water partition coefficient (Wildman–Crippen LogP) is 4.19. The Morgan fingerprint density at radius 2 is 1.23 bits per heavy atom. The number of allylic oxidation sites excluding steroid dienone is 2. The molecule has 0 aliphatic heterocycles. The average molecular weight is 579 g/mol. The minimum atomic E-state index is -1.43. The Morgan fingerprint density at radius 1 is 0.821 bits per heavy atom. The zero-order chi connectivity index (χ0) is 29.4. The summed E-state index contributed by atoms with van der Waals surface area (Å²) in [7, 11) is -2.86.